The average Bonchev–Trinajstić information content (AvgIpc) is 0.913. The Morgan fingerprint density at radius 2 is 0.529 bits per heavy atom. The van der Waals surface area contributed by atoms with E-state index in [2.05, 4.69) is 208 Å². The van der Waals surface area contributed by atoms with Crippen LogP contribution in [-0.2, 0) is 32.7 Å². The fourth-order valence-corrected chi connectivity index (χ4v) is 11.7. The fraction of sp³-hybridized carbons (Fsp3) is 0.630. The number of likely N-dealkylation sites (N-methyl/N-ethyl adjacent to an activating group) is 1. The first-order valence-electron chi connectivity index (χ1n) is 41.1. The molecule has 0 aromatic carbocycles. The molecular formula is C92H152NO8P. The second kappa shape index (κ2) is 80.0. The number of allylic oxidation sites excluding steroid dienone is 32. The van der Waals surface area contributed by atoms with E-state index in [0.29, 0.717) is 17.4 Å². The third kappa shape index (κ3) is 83.8. The minimum Gasteiger partial charge on any atom is -0.756 e. The molecule has 9 nitrogen and oxygen atoms in total. The number of quaternary nitrogens is 1. The number of esters is 2. The zero-order valence-corrected chi connectivity index (χ0v) is 66.9. The van der Waals surface area contributed by atoms with E-state index in [9.17, 15) is 19.0 Å². The summed E-state index contributed by atoms with van der Waals surface area (Å²) < 4.78 is 34.4. The smallest absolute Gasteiger partial charge is 0.306 e. The van der Waals surface area contributed by atoms with Gasteiger partial charge in [0.15, 0.2) is 6.10 Å². The van der Waals surface area contributed by atoms with Crippen molar-refractivity contribution in [1.29, 1.82) is 0 Å². The van der Waals surface area contributed by atoms with Gasteiger partial charge in [-0.2, -0.15) is 0 Å². The van der Waals surface area contributed by atoms with E-state index >= 15 is 0 Å². The van der Waals surface area contributed by atoms with Crippen LogP contribution in [0.2, 0.25) is 0 Å². The molecule has 0 aliphatic rings. The molecule has 0 bridgehead atoms. The molecule has 2 atom stereocenters. The molecule has 0 heterocycles. The van der Waals surface area contributed by atoms with Crippen molar-refractivity contribution in [3.8, 4) is 0 Å². The first-order chi connectivity index (χ1) is 50.0. The lowest BCUT2D eigenvalue weighted by Gasteiger charge is -2.28. The molecular weight excluding hydrogens is 1280 g/mol. The number of unbranched alkanes of at least 4 members (excludes halogenated alkanes) is 28. The maximum absolute atomic E-state index is 12.9. The standard InChI is InChI=1S/C92H152NO8P/c1-6-8-10-12-14-16-18-20-22-24-26-28-30-32-34-36-38-40-42-44-45-46-47-49-50-52-54-56-58-60-62-64-66-68-70-72-74-76-78-80-82-84-91(94)98-88-90(89-100-102(96,97)99-87-86-93(3,4)5)101-92(95)85-83-81-79-77-75-73-71-69-67-65-63-61-59-57-55-53-51-48-43-41-39-37-35-33-31-29-27-25-23-21-19-17-15-13-11-9-7-2/h8-11,14-17,20-23,26-29,32-35,39,41,48,51,55,57,61,63,67,69,73,75,90H,6-7,12-13,18-19,24-25,30-31,36-38,40,42-47,49-50,52-54,56,58-60,62,64-66,68,70-72,74,76-89H2,1-5H3/b10-8-,11-9-,16-14-,17-15-,22-20-,23-21-,28-26-,29-27-,34-32-,35-33-,41-39-,51-48-,57-55-,63-61-,69-67-,75-73-. The van der Waals surface area contributed by atoms with Crippen LogP contribution in [0.25, 0.3) is 0 Å². The largest absolute Gasteiger partial charge is 0.756 e. The third-order valence-electron chi connectivity index (χ3n) is 17.1. The van der Waals surface area contributed by atoms with Crippen LogP contribution < -0.4 is 4.89 Å². The molecule has 0 fully saturated rings. The monoisotopic (exact) mass is 1430 g/mol. The molecule has 102 heavy (non-hydrogen) atoms. The van der Waals surface area contributed by atoms with E-state index in [4.69, 9.17) is 18.5 Å². The molecule has 0 saturated heterocycles. The number of carbonyl (C=O) groups is 2. The minimum atomic E-state index is -4.67. The van der Waals surface area contributed by atoms with Crippen molar-refractivity contribution in [2.45, 2.75) is 328 Å². The highest BCUT2D eigenvalue weighted by Crippen LogP contribution is 2.38. The summed E-state index contributed by atoms with van der Waals surface area (Å²) in [5.74, 6) is -0.873. The lowest BCUT2D eigenvalue weighted by atomic mass is 10.0. The van der Waals surface area contributed by atoms with Gasteiger partial charge >= 0.3 is 11.9 Å². The quantitative estimate of drug-likeness (QED) is 0.0195. The average molecular weight is 1430 g/mol. The fourth-order valence-electron chi connectivity index (χ4n) is 10.9. The van der Waals surface area contributed by atoms with Crippen molar-refractivity contribution in [3.63, 3.8) is 0 Å². The molecule has 0 radical (unpaired) electrons. The SMILES string of the molecule is CC/C=C\C/C=C\C/C=C\C/C=C\C/C=C\C/C=C\C/C=C\C/C=C\C/C=C\C/C=C\C/C=C\CCCCCC(=O)OC(COC(=O)CCCCCCCCCCCCCCCCCCCCCCCCCCC/C=C\C/C=C\C/C=C\C/C=C\C/C=C\CC)COP(=O)([O-])OCC[N+](C)(C)C. The first-order valence-corrected chi connectivity index (χ1v) is 42.6. The van der Waals surface area contributed by atoms with E-state index in [1.165, 1.54) is 148 Å². The molecule has 0 aliphatic heterocycles. The Hall–Kier alpha value is -5.15. The van der Waals surface area contributed by atoms with Gasteiger partial charge < -0.3 is 27.9 Å². The highest BCUT2D eigenvalue weighted by Gasteiger charge is 2.22. The third-order valence-corrected chi connectivity index (χ3v) is 18.1. The number of phosphoric ester groups is 1. The van der Waals surface area contributed by atoms with Crippen LogP contribution in [0.3, 0.4) is 0 Å². The summed E-state index contributed by atoms with van der Waals surface area (Å²) in [5.41, 5.74) is 0. The molecule has 0 aliphatic carbocycles. The van der Waals surface area contributed by atoms with Gasteiger partial charge in [0.05, 0.1) is 27.7 Å². The van der Waals surface area contributed by atoms with Crippen molar-refractivity contribution < 1.29 is 42.1 Å². The molecule has 0 saturated carbocycles. The zero-order valence-electron chi connectivity index (χ0n) is 66.0. The van der Waals surface area contributed by atoms with Gasteiger partial charge in [0.2, 0.25) is 0 Å². The predicted octanol–water partition coefficient (Wildman–Crippen LogP) is 27.3. The lowest BCUT2D eigenvalue weighted by molar-refractivity contribution is -0.870. The van der Waals surface area contributed by atoms with Crippen molar-refractivity contribution in [2.24, 2.45) is 0 Å². The Morgan fingerprint density at radius 1 is 0.304 bits per heavy atom. The molecule has 0 spiro atoms. The van der Waals surface area contributed by atoms with Gasteiger partial charge in [-0.15, -0.1) is 0 Å². The summed E-state index contributed by atoms with van der Waals surface area (Å²) in [4.78, 5) is 38.2. The molecule has 0 rings (SSSR count). The Balaban J connectivity index is 4.04. The number of hydrogen-bond acceptors (Lipinski definition) is 8. The van der Waals surface area contributed by atoms with Gasteiger partial charge in [-0.25, -0.2) is 0 Å². The summed E-state index contributed by atoms with van der Waals surface area (Å²) in [7, 11) is 1.13. The van der Waals surface area contributed by atoms with E-state index < -0.39 is 32.5 Å². The molecule has 0 aromatic rings. The normalized spacial score (nSPS) is 14.1. The molecule has 2 unspecified atom stereocenters. The van der Waals surface area contributed by atoms with Crippen LogP contribution in [0.4, 0.5) is 0 Å². The van der Waals surface area contributed by atoms with Crippen LogP contribution in [0.15, 0.2) is 194 Å². The van der Waals surface area contributed by atoms with Gasteiger partial charge in [0, 0.05) is 12.8 Å². The zero-order chi connectivity index (χ0) is 74.0. The molecule has 10 heteroatoms. The van der Waals surface area contributed by atoms with Gasteiger partial charge in [0.25, 0.3) is 7.82 Å². The maximum atomic E-state index is 12.9. The summed E-state index contributed by atoms with van der Waals surface area (Å²) in [6.07, 6.45) is 124. The van der Waals surface area contributed by atoms with Crippen molar-refractivity contribution in [2.75, 3.05) is 47.5 Å². The van der Waals surface area contributed by atoms with Crippen LogP contribution in [0.5, 0.6) is 0 Å². The first kappa shape index (κ1) is 96.8. The number of carbonyl (C=O) groups excluding carboxylic acids is 2. The summed E-state index contributed by atoms with van der Waals surface area (Å²) >= 11 is 0. The number of nitrogens with zero attached hydrogens (tertiary/aromatic N) is 1. The Labute approximate surface area is 628 Å². The molecule has 0 N–H and O–H groups in total. The number of hydrogen-bond donors (Lipinski definition) is 0. The maximum Gasteiger partial charge on any atom is 0.306 e. The van der Waals surface area contributed by atoms with E-state index in [0.717, 1.165) is 141 Å². The summed E-state index contributed by atoms with van der Waals surface area (Å²) in [6, 6.07) is 0. The predicted molar refractivity (Wildman–Crippen MR) is 442 cm³/mol. The summed E-state index contributed by atoms with van der Waals surface area (Å²) in [5, 5.41) is 0. The van der Waals surface area contributed by atoms with Crippen molar-refractivity contribution >= 4 is 19.8 Å². The van der Waals surface area contributed by atoms with Gasteiger partial charge in [0.1, 0.15) is 19.8 Å². The van der Waals surface area contributed by atoms with Gasteiger partial charge in [-0.05, 0) is 141 Å². The molecule has 0 aromatic heterocycles. The van der Waals surface area contributed by atoms with Gasteiger partial charge in [-0.1, -0.05) is 362 Å². The minimum absolute atomic E-state index is 0.0455. The van der Waals surface area contributed by atoms with Crippen LogP contribution >= 0.6 is 7.82 Å². The topological polar surface area (TPSA) is 111 Å². The second-order valence-corrected chi connectivity index (χ2v) is 29.4. The van der Waals surface area contributed by atoms with Crippen LogP contribution in [0, 0.1) is 0 Å². The number of phosphoric acid groups is 1. The lowest BCUT2D eigenvalue weighted by Crippen LogP contribution is -2.37. The number of rotatable bonds is 74. The van der Waals surface area contributed by atoms with E-state index in [-0.39, 0.29) is 26.1 Å². The Morgan fingerprint density at radius 3 is 0.794 bits per heavy atom. The van der Waals surface area contributed by atoms with Crippen molar-refractivity contribution in [3.05, 3.63) is 194 Å². The molecule has 578 valence electrons. The highest BCUT2D eigenvalue weighted by atomic mass is 31.2. The van der Waals surface area contributed by atoms with Gasteiger partial charge in [-0.3, -0.25) is 14.2 Å². The number of ether oxygens (including phenoxy) is 2. The van der Waals surface area contributed by atoms with Crippen LogP contribution in [0.1, 0.15) is 322 Å². The highest BCUT2D eigenvalue weighted by molar-refractivity contribution is 7.45. The Kier molecular flexibility index (Phi) is 75.9. The van der Waals surface area contributed by atoms with Crippen LogP contribution in [-0.4, -0.2) is 70.0 Å². The summed E-state index contributed by atoms with van der Waals surface area (Å²) in [6.45, 7) is 3.98. The molecule has 0 amide bonds. The van der Waals surface area contributed by atoms with E-state index in [1.54, 1.807) is 0 Å². The van der Waals surface area contributed by atoms with Crippen molar-refractivity contribution in [1.82, 2.24) is 0 Å². The second-order valence-electron chi connectivity index (χ2n) is 28.0. The van der Waals surface area contributed by atoms with E-state index in [1.807, 2.05) is 21.1 Å². The Bertz CT molecular complexity index is 2440.